The van der Waals surface area contributed by atoms with Gasteiger partial charge in [0.2, 0.25) is 0 Å². The molecule has 1 atom stereocenters. The van der Waals surface area contributed by atoms with E-state index in [0.29, 0.717) is 0 Å². The van der Waals surface area contributed by atoms with Gasteiger partial charge in [0.05, 0.1) is 34.1 Å². The molecule has 8 nitrogen and oxygen atoms in total. The van der Waals surface area contributed by atoms with E-state index in [1.807, 2.05) is 0 Å². The van der Waals surface area contributed by atoms with Gasteiger partial charge in [0.25, 0.3) is 12.0 Å². The first-order chi connectivity index (χ1) is 14.9. The number of fused-ring (bicyclic) bond motifs is 1. The average molecular weight is 468 g/mol. The zero-order valence-electron chi connectivity index (χ0n) is 17.0. The summed E-state index contributed by atoms with van der Waals surface area (Å²) in [5, 5.41) is 13.9. The second-order valence-electron chi connectivity index (χ2n) is 7.86. The topological polar surface area (TPSA) is 114 Å². The van der Waals surface area contributed by atoms with Gasteiger partial charge < -0.3 is 10.4 Å². The third-order valence-corrected chi connectivity index (χ3v) is 7.37. The molecule has 2 aromatic heterocycles. The second kappa shape index (κ2) is 7.55. The van der Waals surface area contributed by atoms with Gasteiger partial charge >= 0.3 is 0 Å². The van der Waals surface area contributed by atoms with Crippen LogP contribution in [0.25, 0.3) is 11.0 Å². The Hall–Kier alpha value is -2.99. The van der Waals surface area contributed by atoms with Crippen molar-refractivity contribution in [2.24, 2.45) is 7.05 Å². The van der Waals surface area contributed by atoms with Crippen molar-refractivity contribution >= 4 is 26.7 Å². The number of rotatable bonds is 5. The second-order valence-corrected chi connectivity index (χ2v) is 9.93. The highest BCUT2D eigenvalue weighted by Crippen LogP contribution is 2.35. The van der Waals surface area contributed by atoms with Crippen LogP contribution in [0.3, 0.4) is 0 Å². The van der Waals surface area contributed by atoms with E-state index in [9.17, 15) is 31.5 Å². The van der Waals surface area contributed by atoms with Gasteiger partial charge in [-0.25, -0.2) is 31.6 Å². The predicted octanol–water partition coefficient (Wildman–Crippen LogP) is 2.19. The number of alkyl halides is 2. The normalized spacial score (nSPS) is 17.8. The van der Waals surface area contributed by atoms with E-state index in [4.69, 9.17) is 0 Å². The van der Waals surface area contributed by atoms with Crippen LogP contribution in [0.1, 0.15) is 36.1 Å². The molecule has 1 aromatic carbocycles. The molecule has 32 heavy (non-hydrogen) atoms. The first-order valence-corrected chi connectivity index (χ1v) is 11.4. The maximum absolute atomic E-state index is 14.6. The Kier molecular flexibility index (Phi) is 5.24. The first kappa shape index (κ1) is 22.2. The number of anilines is 1. The highest BCUT2D eigenvalue weighted by Gasteiger charge is 2.50. The lowest BCUT2D eigenvalue weighted by Crippen LogP contribution is -2.54. The third-order valence-electron chi connectivity index (χ3n) is 5.54. The average Bonchev–Trinajstić information content (AvgIpc) is 2.69. The number of benzene rings is 1. The third kappa shape index (κ3) is 3.62. The molecule has 0 aliphatic carbocycles. The van der Waals surface area contributed by atoms with Gasteiger partial charge in [0.1, 0.15) is 29.2 Å². The van der Waals surface area contributed by atoms with E-state index in [-0.39, 0.29) is 28.0 Å². The summed E-state index contributed by atoms with van der Waals surface area (Å²) < 4.78 is 65.1. The molecule has 4 rings (SSSR count). The molecular formula is C20H19F3N4O4S. The van der Waals surface area contributed by atoms with Crippen molar-refractivity contribution in [2.45, 2.75) is 25.0 Å². The minimum absolute atomic E-state index is 0.0108. The number of sulfone groups is 1. The molecule has 0 bridgehead atoms. The van der Waals surface area contributed by atoms with Crippen LogP contribution in [0.15, 0.2) is 35.4 Å². The number of aromatic nitrogens is 3. The maximum Gasteiger partial charge on any atom is 0.266 e. The fourth-order valence-corrected chi connectivity index (χ4v) is 5.59. The number of hydrogen-bond donors (Lipinski definition) is 2. The minimum atomic E-state index is -3.45. The van der Waals surface area contributed by atoms with Gasteiger partial charge in [-0.15, -0.1) is 0 Å². The smallest absolute Gasteiger partial charge is 0.266 e. The molecular weight excluding hydrogens is 449 g/mol. The molecule has 0 saturated carbocycles. The Morgan fingerprint density at radius 3 is 2.50 bits per heavy atom. The monoisotopic (exact) mass is 468 g/mol. The lowest BCUT2D eigenvalue weighted by Gasteiger charge is -2.36. The van der Waals surface area contributed by atoms with E-state index >= 15 is 0 Å². The predicted molar refractivity (Wildman–Crippen MR) is 111 cm³/mol. The first-order valence-electron chi connectivity index (χ1n) is 9.54. The largest absolute Gasteiger partial charge is 0.383 e. The van der Waals surface area contributed by atoms with Crippen molar-refractivity contribution in [1.82, 2.24) is 14.5 Å². The summed E-state index contributed by atoms with van der Waals surface area (Å²) in [7, 11) is -2.04. The summed E-state index contributed by atoms with van der Waals surface area (Å²) in [5.74, 6) is -2.05. The molecule has 1 fully saturated rings. The fourth-order valence-electron chi connectivity index (χ4n) is 3.91. The lowest BCUT2D eigenvalue weighted by atomic mass is 9.97. The van der Waals surface area contributed by atoms with Crippen LogP contribution in [0, 0.1) is 5.82 Å². The van der Waals surface area contributed by atoms with Crippen LogP contribution in [0.4, 0.5) is 19.0 Å². The molecule has 0 spiro atoms. The van der Waals surface area contributed by atoms with Crippen LogP contribution in [-0.2, 0) is 22.5 Å². The van der Waals surface area contributed by atoms with Gasteiger partial charge in [-0.2, -0.15) is 0 Å². The highest BCUT2D eigenvalue weighted by atomic mass is 32.2. The summed E-state index contributed by atoms with van der Waals surface area (Å²) in [6.45, 7) is 1.55. The summed E-state index contributed by atoms with van der Waals surface area (Å²) in [4.78, 5) is 20.9. The molecule has 0 unspecified atom stereocenters. The van der Waals surface area contributed by atoms with Crippen molar-refractivity contribution < 1.29 is 26.7 Å². The summed E-state index contributed by atoms with van der Waals surface area (Å²) in [5.41, 5.74) is -3.11. The highest BCUT2D eigenvalue weighted by molar-refractivity contribution is 7.92. The fraction of sp³-hybridized carbons (Fsp3) is 0.350. The standard InChI is InChI=1S/C20H19F3N4O4S/c1-10(11-4-3-5-12(15(11)21)16(22)23)26-17-13-6-14(20(29)7-32(30,31)8-20)19(28)27(2)18(13)25-9-24-17/h3-6,9-10,16,29H,7-8H2,1-2H3,(H,24,25,26)/t10-/m1/s1. The van der Waals surface area contributed by atoms with Crippen molar-refractivity contribution in [3.05, 3.63) is 63.5 Å². The van der Waals surface area contributed by atoms with Gasteiger partial charge in [-0.05, 0) is 13.0 Å². The van der Waals surface area contributed by atoms with E-state index < -0.39 is 56.4 Å². The summed E-state index contributed by atoms with van der Waals surface area (Å²) in [6, 6.07) is 4.22. The Morgan fingerprint density at radius 1 is 1.22 bits per heavy atom. The van der Waals surface area contributed by atoms with Crippen molar-refractivity contribution in [3.8, 4) is 0 Å². The number of aryl methyl sites for hydroxylation is 1. The number of pyridine rings is 1. The Bertz CT molecular complexity index is 1380. The number of nitrogens with zero attached hydrogens (tertiary/aromatic N) is 3. The molecule has 0 radical (unpaired) electrons. The van der Waals surface area contributed by atoms with Crippen LogP contribution in [0.2, 0.25) is 0 Å². The molecule has 1 saturated heterocycles. The van der Waals surface area contributed by atoms with Crippen molar-refractivity contribution in [1.29, 1.82) is 0 Å². The molecule has 12 heteroatoms. The molecule has 1 aliphatic heterocycles. The maximum atomic E-state index is 14.6. The zero-order chi connectivity index (χ0) is 23.4. The molecule has 2 N–H and O–H groups in total. The summed E-state index contributed by atoms with van der Waals surface area (Å²) >= 11 is 0. The van der Waals surface area contributed by atoms with Crippen LogP contribution < -0.4 is 10.9 Å². The Morgan fingerprint density at radius 2 is 1.88 bits per heavy atom. The number of halogens is 3. The molecule has 3 heterocycles. The van der Waals surface area contributed by atoms with Crippen molar-refractivity contribution in [2.75, 3.05) is 16.8 Å². The molecule has 0 amide bonds. The molecule has 170 valence electrons. The van der Waals surface area contributed by atoms with Gasteiger partial charge in [-0.3, -0.25) is 9.36 Å². The van der Waals surface area contributed by atoms with Gasteiger partial charge in [0, 0.05) is 12.6 Å². The van der Waals surface area contributed by atoms with E-state index in [1.54, 1.807) is 6.92 Å². The van der Waals surface area contributed by atoms with E-state index in [2.05, 4.69) is 15.3 Å². The quantitative estimate of drug-likeness (QED) is 0.590. The number of nitrogens with one attached hydrogen (secondary N) is 1. The van der Waals surface area contributed by atoms with Gasteiger partial charge in [-0.1, -0.05) is 18.2 Å². The minimum Gasteiger partial charge on any atom is -0.383 e. The van der Waals surface area contributed by atoms with E-state index in [1.165, 1.54) is 31.6 Å². The SMILES string of the molecule is C[C@@H](Nc1ncnc2c1cc(C1(O)CS(=O)(=O)C1)c(=O)n2C)c1cccc(C(F)F)c1F. The molecule has 1 aliphatic rings. The van der Waals surface area contributed by atoms with Gasteiger partial charge in [0.15, 0.2) is 9.84 Å². The number of aliphatic hydroxyl groups is 1. The Labute approximate surface area is 180 Å². The number of hydrogen-bond acceptors (Lipinski definition) is 7. The lowest BCUT2D eigenvalue weighted by molar-refractivity contribution is 0.0674. The molecule has 3 aromatic rings. The van der Waals surface area contributed by atoms with E-state index in [0.717, 1.165) is 10.6 Å². The van der Waals surface area contributed by atoms with Crippen molar-refractivity contribution in [3.63, 3.8) is 0 Å². The van der Waals surface area contributed by atoms with Crippen LogP contribution in [-0.4, -0.2) is 39.6 Å². The Balaban J connectivity index is 1.79. The zero-order valence-corrected chi connectivity index (χ0v) is 17.8. The van der Waals surface area contributed by atoms with Crippen LogP contribution in [0.5, 0.6) is 0 Å². The summed E-state index contributed by atoms with van der Waals surface area (Å²) in [6.07, 6.45) is -1.80. The van der Waals surface area contributed by atoms with Crippen LogP contribution >= 0.6 is 0 Å².